The molecule has 0 aromatic rings. The molecule has 20 heavy (non-hydrogen) atoms. The minimum Gasteiger partial charge on any atom is -0.384 e. The highest BCUT2D eigenvalue weighted by Crippen LogP contribution is 1.99. The van der Waals surface area contributed by atoms with E-state index < -0.39 is 35.9 Å². The van der Waals surface area contributed by atoms with Crippen LogP contribution in [0.1, 0.15) is 33.6 Å². The summed E-state index contributed by atoms with van der Waals surface area (Å²) >= 11 is 0. The van der Waals surface area contributed by atoms with E-state index in [2.05, 4.69) is 10.6 Å². The van der Waals surface area contributed by atoms with Gasteiger partial charge in [0, 0.05) is 6.42 Å². The third kappa shape index (κ3) is 6.83. The van der Waals surface area contributed by atoms with Crippen LogP contribution in [-0.2, 0) is 19.2 Å². The fourth-order valence-corrected chi connectivity index (χ4v) is 1.36. The summed E-state index contributed by atoms with van der Waals surface area (Å²) in [5.74, 6) is -2.15. The maximum Gasteiger partial charge on any atom is 0.249 e. The zero-order chi connectivity index (χ0) is 15.9. The Balaban J connectivity index is 4.48. The third-order valence-electron chi connectivity index (χ3n) is 2.62. The van der Waals surface area contributed by atoms with Gasteiger partial charge in [0.25, 0.3) is 0 Å². The lowest BCUT2D eigenvalue weighted by atomic mass is 10.1. The average Bonchev–Trinajstić information content (AvgIpc) is 2.32. The van der Waals surface area contributed by atoms with Gasteiger partial charge in [-0.3, -0.25) is 19.2 Å². The van der Waals surface area contributed by atoms with Crippen molar-refractivity contribution in [1.82, 2.24) is 10.6 Å². The van der Waals surface area contributed by atoms with Gasteiger partial charge in [-0.25, -0.2) is 0 Å². The summed E-state index contributed by atoms with van der Waals surface area (Å²) in [6.45, 7) is 3.97. The summed E-state index contributed by atoms with van der Waals surface area (Å²) in [5.41, 5.74) is 4.98. The lowest BCUT2D eigenvalue weighted by molar-refractivity contribution is -0.134. The molecule has 3 amide bonds. The Morgan fingerprint density at radius 3 is 2.05 bits per heavy atom. The number of amides is 3. The van der Waals surface area contributed by atoms with E-state index >= 15 is 0 Å². The van der Waals surface area contributed by atoms with Crippen LogP contribution < -0.4 is 16.4 Å². The Morgan fingerprint density at radius 2 is 1.65 bits per heavy atom. The molecule has 8 heteroatoms. The first-order chi connectivity index (χ1) is 9.15. The van der Waals surface area contributed by atoms with Crippen LogP contribution in [0.25, 0.3) is 0 Å². The lowest BCUT2D eigenvalue weighted by Gasteiger charge is -2.19. The number of nitrogens with one attached hydrogen (secondary N) is 2. The van der Waals surface area contributed by atoms with Gasteiger partial charge in [-0.15, -0.1) is 0 Å². The Hall–Kier alpha value is -1.96. The van der Waals surface area contributed by atoms with E-state index in [1.807, 2.05) is 0 Å². The van der Waals surface area contributed by atoms with Crippen molar-refractivity contribution in [3.05, 3.63) is 0 Å². The number of hydrogen-bond donors (Lipinski definition) is 4. The fourth-order valence-electron chi connectivity index (χ4n) is 1.36. The van der Waals surface area contributed by atoms with E-state index in [0.29, 0.717) is 0 Å². The third-order valence-corrected chi connectivity index (χ3v) is 2.62. The average molecular weight is 287 g/mol. The number of nitrogens with two attached hydrogens (primary N) is 1. The highest BCUT2D eigenvalue weighted by molar-refractivity contribution is 5.92. The smallest absolute Gasteiger partial charge is 0.249 e. The second-order valence-corrected chi connectivity index (χ2v) is 4.58. The molecule has 0 saturated heterocycles. The molecule has 0 aliphatic heterocycles. The number of rotatable bonds is 8. The molecular formula is C12H21N3O5. The Bertz CT molecular complexity index is 395. The van der Waals surface area contributed by atoms with E-state index in [4.69, 9.17) is 10.8 Å². The molecule has 0 fully saturated rings. The molecule has 0 aliphatic carbocycles. The first kappa shape index (κ1) is 18.0. The molecule has 3 atom stereocenters. The first-order valence-electron chi connectivity index (χ1n) is 6.22. The van der Waals surface area contributed by atoms with Crippen molar-refractivity contribution in [2.75, 3.05) is 0 Å². The minimum atomic E-state index is -1.23. The SMILES string of the molecule is CC(=O)[C@H](CCC(N)=O)NC(=O)[C@@H](C)NC(=O)[C@H](C)O. The number of aliphatic hydroxyl groups excluding tert-OH is 1. The predicted molar refractivity (Wildman–Crippen MR) is 70.3 cm³/mol. The van der Waals surface area contributed by atoms with E-state index in [-0.39, 0.29) is 18.6 Å². The van der Waals surface area contributed by atoms with Crippen LogP contribution in [-0.4, -0.2) is 46.8 Å². The fraction of sp³-hybridized carbons (Fsp3) is 0.667. The van der Waals surface area contributed by atoms with Crippen molar-refractivity contribution < 1.29 is 24.3 Å². The molecule has 0 rings (SSSR count). The second kappa shape index (κ2) is 8.26. The van der Waals surface area contributed by atoms with Gasteiger partial charge >= 0.3 is 0 Å². The zero-order valence-electron chi connectivity index (χ0n) is 11.8. The largest absolute Gasteiger partial charge is 0.384 e. The van der Waals surface area contributed by atoms with Crippen molar-refractivity contribution in [3.63, 3.8) is 0 Å². The van der Waals surface area contributed by atoms with Gasteiger partial charge in [0.1, 0.15) is 12.1 Å². The molecule has 0 aromatic carbocycles. The summed E-state index contributed by atoms with van der Waals surface area (Å²) in [6, 6.07) is -1.74. The number of Topliss-reactive ketones (excluding diaryl/α,β-unsaturated/α-hetero) is 1. The van der Waals surface area contributed by atoms with Gasteiger partial charge in [0.05, 0.1) is 6.04 Å². The topological polar surface area (TPSA) is 139 Å². The van der Waals surface area contributed by atoms with Crippen molar-refractivity contribution >= 4 is 23.5 Å². The summed E-state index contributed by atoms with van der Waals surface area (Å²) in [4.78, 5) is 45.0. The number of primary amides is 1. The molecule has 0 saturated carbocycles. The van der Waals surface area contributed by atoms with Gasteiger partial charge in [0.15, 0.2) is 5.78 Å². The van der Waals surface area contributed by atoms with Gasteiger partial charge in [-0.2, -0.15) is 0 Å². The van der Waals surface area contributed by atoms with Crippen molar-refractivity contribution in [2.24, 2.45) is 5.73 Å². The lowest BCUT2D eigenvalue weighted by Crippen LogP contribution is -2.51. The standard InChI is InChI=1S/C12H21N3O5/c1-6(14-12(20)8(3)17)11(19)15-9(7(2)16)4-5-10(13)18/h6,8-9,17H,4-5H2,1-3H3,(H2,13,18)(H,14,20)(H,15,19)/t6-,8+,9+/m1/s1. The van der Waals surface area contributed by atoms with E-state index in [1.165, 1.54) is 20.8 Å². The normalized spacial score (nSPS) is 14.8. The Labute approximate surface area is 117 Å². The molecule has 8 nitrogen and oxygen atoms in total. The van der Waals surface area contributed by atoms with E-state index in [0.717, 1.165) is 0 Å². The van der Waals surface area contributed by atoms with Crippen LogP contribution in [0, 0.1) is 0 Å². The maximum atomic E-state index is 11.8. The molecular weight excluding hydrogens is 266 g/mol. The minimum absolute atomic E-state index is 0.0288. The van der Waals surface area contributed by atoms with Crippen molar-refractivity contribution in [1.29, 1.82) is 0 Å². The van der Waals surface area contributed by atoms with Gasteiger partial charge in [-0.05, 0) is 27.2 Å². The molecule has 0 spiro atoms. The van der Waals surface area contributed by atoms with Crippen LogP contribution in [0.15, 0.2) is 0 Å². The summed E-state index contributed by atoms with van der Waals surface area (Å²) in [7, 11) is 0. The van der Waals surface area contributed by atoms with Crippen LogP contribution >= 0.6 is 0 Å². The summed E-state index contributed by atoms with van der Waals surface area (Å²) in [6.07, 6.45) is -1.16. The second-order valence-electron chi connectivity index (χ2n) is 4.58. The van der Waals surface area contributed by atoms with Crippen LogP contribution in [0.3, 0.4) is 0 Å². The molecule has 0 bridgehead atoms. The van der Waals surface area contributed by atoms with E-state index in [1.54, 1.807) is 0 Å². The molecule has 0 unspecified atom stereocenters. The molecule has 0 aromatic heterocycles. The quantitative estimate of drug-likeness (QED) is 0.417. The monoisotopic (exact) mass is 287 g/mol. The van der Waals surface area contributed by atoms with Crippen molar-refractivity contribution in [3.8, 4) is 0 Å². The summed E-state index contributed by atoms with van der Waals surface area (Å²) < 4.78 is 0. The van der Waals surface area contributed by atoms with Crippen LogP contribution in [0.4, 0.5) is 0 Å². The van der Waals surface area contributed by atoms with Crippen molar-refractivity contribution in [2.45, 2.75) is 51.8 Å². The zero-order valence-corrected chi connectivity index (χ0v) is 11.8. The van der Waals surface area contributed by atoms with Gasteiger partial charge in [0.2, 0.25) is 17.7 Å². The summed E-state index contributed by atoms with van der Waals surface area (Å²) in [5, 5.41) is 13.7. The first-order valence-corrected chi connectivity index (χ1v) is 6.22. The number of carbonyl (C=O) groups is 4. The Morgan fingerprint density at radius 1 is 1.10 bits per heavy atom. The Kier molecular flexibility index (Phi) is 7.45. The van der Waals surface area contributed by atoms with Gasteiger partial charge < -0.3 is 21.5 Å². The molecule has 0 aliphatic rings. The number of aliphatic hydroxyl groups is 1. The highest BCUT2D eigenvalue weighted by Gasteiger charge is 2.23. The molecule has 114 valence electrons. The van der Waals surface area contributed by atoms with E-state index in [9.17, 15) is 19.2 Å². The number of ketones is 1. The molecule has 0 radical (unpaired) electrons. The maximum absolute atomic E-state index is 11.8. The number of carbonyl (C=O) groups excluding carboxylic acids is 4. The van der Waals surface area contributed by atoms with Gasteiger partial charge in [-0.1, -0.05) is 0 Å². The molecule has 0 heterocycles. The predicted octanol–water partition coefficient (Wildman–Crippen LogP) is -1.79. The van der Waals surface area contributed by atoms with Crippen LogP contribution in [0.2, 0.25) is 0 Å². The molecule has 5 N–H and O–H groups in total. The highest BCUT2D eigenvalue weighted by atomic mass is 16.3. The number of hydrogen-bond acceptors (Lipinski definition) is 5. The van der Waals surface area contributed by atoms with Crippen LogP contribution in [0.5, 0.6) is 0 Å².